The number of hydrogen-bond acceptors (Lipinski definition) is 4. The lowest BCUT2D eigenvalue weighted by molar-refractivity contribution is 0.669. The van der Waals surface area contributed by atoms with Crippen molar-refractivity contribution in [3.63, 3.8) is 0 Å². The summed E-state index contributed by atoms with van der Waals surface area (Å²) in [7, 11) is 0. The van der Waals surface area contributed by atoms with Gasteiger partial charge in [-0.3, -0.25) is 4.57 Å². The topological polar surface area (TPSA) is 61.7 Å². The third kappa shape index (κ3) is 6.16. The van der Waals surface area contributed by atoms with Crippen molar-refractivity contribution in [2.45, 2.75) is 0 Å². The zero-order valence-electron chi connectivity index (χ0n) is 37.2. The quantitative estimate of drug-likeness (QED) is 0.160. The number of aromatic nitrogens is 5. The molecule has 0 aliphatic rings. The van der Waals surface area contributed by atoms with Crippen LogP contribution in [0.25, 0.3) is 133 Å². The zero-order valence-corrected chi connectivity index (χ0v) is 37.2. The molecule has 0 radical (unpaired) electrons. The smallest absolute Gasteiger partial charge is 0.238 e. The summed E-state index contributed by atoms with van der Waals surface area (Å²) < 4.78 is 11.4. The molecule has 0 unspecified atom stereocenters. The minimum atomic E-state index is 0.517. The average Bonchev–Trinajstić information content (AvgIpc) is 4.10. The third-order valence-corrected chi connectivity index (χ3v) is 13.6. The molecule has 0 N–H and O–H groups in total. The van der Waals surface area contributed by atoms with E-state index >= 15 is 0 Å². The molecule has 6 nitrogen and oxygen atoms in total. The van der Waals surface area contributed by atoms with Crippen LogP contribution in [0.4, 0.5) is 0 Å². The maximum atomic E-state index is 6.64. The van der Waals surface area contributed by atoms with E-state index in [1.807, 2.05) is 42.5 Å². The monoisotopic (exact) mass is 881 g/mol. The van der Waals surface area contributed by atoms with Crippen molar-refractivity contribution in [2.24, 2.45) is 0 Å². The van der Waals surface area contributed by atoms with E-state index in [1.54, 1.807) is 0 Å². The molecule has 0 spiro atoms. The number of nitrogens with zero attached hydrogens (tertiary/aromatic N) is 5. The van der Waals surface area contributed by atoms with Crippen LogP contribution in [-0.4, -0.2) is 24.1 Å². The summed E-state index contributed by atoms with van der Waals surface area (Å²) in [6.07, 6.45) is 0. The highest BCUT2D eigenvalue weighted by Gasteiger charge is 2.26. The van der Waals surface area contributed by atoms with Crippen molar-refractivity contribution in [2.75, 3.05) is 0 Å². The highest BCUT2D eigenvalue weighted by molar-refractivity contribution is 6.26. The number of hydrogen-bond donors (Lipinski definition) is 0. The predicted octanol–water partition coefficient (Wildman–Crippen LogP) is 16.3. The molecule has 4 heterocycles. The van der Waals surface area contributed by atoms with E-state index in [1.165, 1.54) is 10.9 Å². The molecule has 0 aliphatic heterocycles. The van der Waals surface area contributed by atoms with Gasteiger partial charge in [0.05, 0.1) is 22.1 Å². The van der Waals surface area contributed by atoms with Gasteiger partial charge in [0.2, 0.25) is 5.95 Å². The first kappa shape index (κ1) is 38.8. The Morgan fingerprint density at radius 2 is 0.812 bits per heavy atom. The fourth-order valence-corrected chi connectivity index (χ4v) is 10.6. The largest absolute Gasteiger partial charge is 0.456 e. The van der Waals surface area contributed by atoms with Crippen LogP contribution in [0.15, 0.2) is 241 Å². The fourth-order valence-electron chi connectivity index (χ4n) is 10.6. The molecule has 0 saturated heterocycles. The Balaban J connectivity index is 1.12. The van der Waals surface area contributed by atoms with Gasteiger partial charge < -0.3 is 8.98 Å². The lowest BCUT2D eigenvalue weighted by Crippen LogP contribution is -2.07. The first-order valence-corrected chi connectivity index (χ1v) is 23.3. The Morgan fingerprint density at radius 1 is 0.304 bits per heavy atom. The molecule has 0 fully saturated rings. The van der Waals surface area contributed by atoms with Crippen LogP contribution in [-0.2, 0) is 0 Å². The van der Waals surface area contributed by atoms with Crippen molar-refractivity contribution < 1.29 is 4.42 Å². The SMILES string of the molecule is c1ccc(-c2cccc(-n3c4cccc(-c5ccccc5)c4c4ccc5c6ccccc6n(-c6nc(-c7ccccc7)nc(-c7cccc8oc9cccc(-c%10ccccc%10)c9c78)n6)c5c43)c2)cc1. The highest BCUT2D eigenvalue weighted by Crippen LogP contribution is 2.46. The van der Waals surface area contributed by atoms with Crippen LogP contribution >= 0.6 is 0 Å². The summed E-state index contributed by atoms with van der Waals surface area (Å²) in [4.78, 5) is 16.4. The first-order chi connectivity index (χ1) is 34.2. The number of fused-ring (bicyclic) bond motifs is 10. The molecular formula is C63H39N5O. The normalized spacial score (nSPS) is 11.8. The first-order valence-electron chi connectivity index (χ1n) is 23.3. The molecule has 69 heavy (non-hydrogen) atoms. The summed E-state index contributed by atoms with van der Waals surface area (Å²) in [5, 5.41) is 6.49. The molecule has 6 heteroatoms. The summed E-state index contributed by atoms with van der Waals surface area (Å²) >= 11 is 0. The Hall–Kier alpha value is -9.39. The highest BCUT2D eigenvalue weighted by atomic mass is 16.3. The lowest BCUT2D eigenvalue weighted by atomic mass is 9.97. The minimum Gasteiger partial charge on any atom is -0.456 e. The van der Waals surface area contributed by atoms with E-state index < -0.39 is 0 Å². The zero-order chi connectivity index (χ0) is 45.4. The molecule has 0 bridgehead atoms. The second-order valence-corrected chi connectivity index (χ2v) is 17.5. The lowest BCUT2D eigenvalue weighted by Gasteiger charge is -2.14. The minimum absolute atomic E-state index is 0.517. The van der Waals surface area contributed by atoms with Gasteiger partial charge in [0.1, 0.15) is 11.2 Å². The molecule has 14 rings (SSSR count). The van der Waals surface area contributed by atoms with E-state index in [2.05, 4.69) is 203 Å². The molecular weight excluding hydrogens is 843 g/mol. The Labute approximate surface area is 396 Å². The molecule has 322 valence electrons. The Kier molecular flexibility index (Phi) is 8.79. The fraction of sp³-hybridized carbons (Fsp3) is 0. The van der Waals surface area contributed by atoms with Gasteiger partial charge >= 0.3 is 0 Å². The van der Waals surface area contributed by atoms with E-state index in [9.17, 15) is 0 Å². The van der Waals surface area contributed by atoms with E-state index in [0.717, 1.165) is 105 Å². The summed E-state index contributed by atoms with van der Waals surface area (Å²) in [5.41, 5.74) is 15.4. The van der Waals surface area contributed by atoms with Gasteiger partial charge in [-0.05, 0) is 69.8 Å². The van der Waals surface area contributed by atoms with Crippen molar-refractivity contribution in [1.82, 2.24) is 24.1 Å². The maximum absolute atomic E-state index is 6.64. The maximum Gasteiger partial charge on any atom is 0.238 e. The summed E-state index contributed by atoms with van der Waals surface area (Å²) in [6.45, 7) is 0. The van der Waals surface area contributed by atoms with Crippen molar-refractivity contribution in [3.05, 3.63) is 237 Å². The van der Waals surface area contributed by atoms with Crippen LogP contribution in [0, 0.1) is 0 Å². The van der Waals surface area contributed by atoms with Gasteiger partial charge in [0, 0.05) is 49.1 Å². The van der Waals surface area contributed by atoms with Gasteiger partial charge in [0.25, 0.3) is 0 Å². The Morgan fingerprint density at radius 3 is 1.52 bits per heavy atom. The molecule has 0 aliphatic carbocycles. The van der Waals surface area contributed by atoms with Gasteiger partial charge in [-0.2, -0.15) is 9.97 Å². The van der Waals surface area contributed by atoms with Gasteiger partial charge in [-0.15, -0.1) is 0 Å². The molecule has 4 aromatic heterocycles. The summed E-state index contributed by atoms with van der Waals surface area (Å²) in [6, 6.07) is 83.3. The molecule has 0 amide bonds. The second-order valence-electron chi connectivity index (χ2n) is 17.5. The number of benzene rings is 10. The van der Waals surface area contributed by atoms with Crippen LogP contribution in [0.2, 0.25) is 0 Å². The molecule has 0 saturated carbocycles. The van der Waals surface area contributed by atoms with Crippen molar-refractivity contribution >= 4 is 65.6 Å². The second kappa shape index (κ2) is 15.6. The number of rotatable bonds is 7. The Bertz CT molecular complexity index is 4290. The van der Waals surface area contributed by atoms with E-state index in [-0.39, 0.29) is 0 Å². The van der Waals surface area contributed by atoms with E-state index in [0.29, 0.717) is 17.6 Å². The number of furan rings is 1. The number of para-hydroxylation sites is 1. The van der Waals surface area contributed by atoms with Crippen molar-refractivity contribution in [3.8, 4) is 67.8 Å². The van der Waals surface area contributed by atoms with Crippen LogP contribution in [0.3, 0.4) is 0 Å². The van der Waals surface area contributed by atoms with Crippen LogP contribution < -0.4 is 0 Å². The average molecular weight is 882 g/mol. The molecule has 0 atom stereocenters. The van der Waals surface area contributed by atoms with Gasteiger partial charge in [-0.1, -0.05) is 200 Å². The van der Waals surface area contributed by atoms with Gasteiger partial charge in [0.15, 0.2) is 11.6 Å². The summed E-state index contributed by atoms with van der Waals surface area (Å²) in [5.74, 6) is 1.64. The predicted molar refractivity (Wildman–Crippen MR) is 283 cm³/mol. The van der Waals surface area contributed by atoms with Crippen LogP contribution in [0.5, 0.6) is 0 Å². The molecule has 14 aromatic rings. The van der Waals surface area contributed by atoms with E-state index in [4.69, 9.17) is 19.4 Å². The van der Waals surface area contributed by atoms with Crippen LogP contribution in [0.1, 0.15) is 0 Å². The third-order valence-electron chi connectivity index (χ3n) is 13.6. The molecule has 10 aromatic carbocycles. The standard InChI is InChI=1S/C63H39N5O/c1-5-19-40(20-6-1)44-27-15-28-45(39-44)67-53-34-16-30-46(41-21-7-2-8-22-41)56(53)50-38-37-49-48-29-13-14-33-52(48)68(59(49)60(50)67)63-65-61(43-25-11-4-12-26-43)64-62(66-63)51-32-18-36-55-58(51)57-47(31-17-35-54(57)69-55)42-23-9-3-10-24-42/h1-39H. The van der Waals surface area contributed by atoms with Gasteiger partial charge in [-0.25, -0.2) is 4.98 Å². The van der Waals surface area contributed by atoms with Crippen molar-refractivity contribution in [1.29, 1.82) is 0 Å².